The van der Waals surface area contributed by atoms with Gasteiger partial charge < -0.3 is 20.3 Å². The molecule has 1 fully saturated rings. The monoisotopic (exact) mass is 235 g/mol. The zero-order valence-electron chi connectivity index (χ0n) is 9.69. The number of rotatable bonds is 3. The summed E-state index contributed by atoms with van der Waals surface area (Å²) >= 11 is 0. The van der Waals surface area contributed by atoms with E-state index in [1.165, 1.54) is 5.56 Å². The van der Waals surface area contributed by atoms with Crippen LogP contribution < -0.4 is 10.5 Å². The maximum atomic E-state index is 9.28. The Morgan fingerprint density at radius 2 is 2.24 bits per heavy atom. The van der Waals surface area contributed by atoms with E-state index in [9.17, 15) is 5.11 Å². The van der Waals surface area contributed by atoms with Crippen molar-refractivity contribution in [2.24, 2.45) is 5.73 Å². The van der Waals surface area contributed by atoms with Crippen LogP contribution in [0.3, 0.4) is 0 Å². The SMILES string of the molecule is NC(CO)C1(c2ccc3c(c2)CCO3)COC1. The zero-order valence-corrected chi connectivity index (χ0v) is 9.69. The van der Waals surface area contributed by atoms with E-state index in [1.54, 1.807) is 0 Å². The van der Waals surface area contributed by atoms with E-state index >= 15 is 0 Å². The number of nitrogens with two attached hydrogens (primary N) is 1. The zero-order chi connectivity index (χ0) is 11.9. The maximum absolute atomic E-state index is 9.28. The topological polar surface area (TPSA) is 64.7 Å². The minimum atomic E-state index is -0.267. The third-order valence-corrected chi connectivity index (χ3v) is 3.89. The fraction of sp³-hybridized carbons (Fsp3) is 0.538. The highest BCUT2D eigenvalue weighted by Gasteiger charge is 2.45. The van der Waals surface area contributed by atoms with Gasteiger partial charge in [0, 0.05) is 12.5 Å². The predicted octanol–water partition coefficient (Wildman–Crippen LogP) is 0.209. The molecule has 0 aromatic heterocycles. The Morgan fingerprint density at radius 1 is 1.41 bits per heavy atom. The Kier molecular flexibility index (Phi) is 2.58. The van der Waals surface area contributed by atoms with Crippen molar-refractivity contribution in [1.82, 2.24) is 0 Å². The van der Waals surface area contributed by atoms with Gasteiger partial charge >= 0.3 is 0 Å². The molecule has 4 nitrogen and oxygen atoms in total. The fourth-order valence-corrected chi connectivity index (χ4v) is 2.59. The Morgan fingerprint density at radius 3 is 2.88 bits per heavy atom. The molecule has 17 heavy (non-hydrogen) atoms. The third kappa shape index (κ3) is 1.56. The van der Waals surface area contributed by atoms with Gasteiger partial charge in [-0.3, -0.25) is 0 Å². The molecule has 0 spiro atoms. The average Bonchev–Trinajstić information content (AvgIpc) is 2.74. The summed E-state index contributed by atoms with van der Waals surface area (Å²) in [6.45, 7) is 1.92. The first-order valence-corrected chi connectivity index (χ1v) is 5.97. The van der Waals surface area contributed by atoms with Gasteiger partial charge in [0.1, 0.15) is 5.75 Å². The first kappa shape index (κ1) is 11.0. The molecule has 0 saturated carbocycles. The van der Waals surface area contributed by atoms with Crippen molar-refractivity contribution < 1.29 is 14.6 Å². The molecule has 1 unspecified atom stereocenters. The summed E-state index contributed by atoms with van der Waals surface area (Å²) in [5.41, 5.74) is 8.21. The van der Waals surface area contributed by atoms with Crippen LogP contribution in [0.1, 0.15) is 11.1 Å². The van der Waals surface area contributed by atoms with Gasteiger partial charge in [-0.05, 0) is 17.2 Å². The number of hydrogen-bond acceptors (Lipinski definition) is 4. The molecular weight excluding hydrogens is 218 g/mol. The van der Waals surface area contributed by atoms with Crippen molar-refractivity contribution in [3.63, 3.8) is 0 Å². The molecular formula is C13H17NO3. The first-order valence-electron chi connectivity index (χ1n) is 5.97. The van der Waals surface area contributed by atoms with Crippen molar-refractivity contribution in [3.05, 3.63) is 29.3 Å². The summed E-state index contributed by atoms with van der Waals surface area (Å²) in [7, 11) is 0. The Hall–Kier alpha value is -1.10. The van der Waals surface area contributed by atoms with E-state index in [0.717, 1.165) is 24.3 Å². The molecule has 2 aliphatic rings. The van der Waals surface area contributed by atoms with Gasteiger partial charge in [0.05, 0.1) is 31.8 Å². The summed E-state index contributed by atoms with van der Waals surface area (Å²) < 4.78 is 10.8. The number of hydrogen-bond donors (Lipinski definition) is 2. The van der Waals surface area contributed by atoms with Gasteiger partial charge in [0.2, 0.25) is 0 Å². The number of aliphatic hydroxyl groups excluding tert-OH is 1. The second kappa shape index (κ2) is 3.98. The summed E-state index contributed by atoms with van der Waals surface area (Å²) in [6, 6.07) is 5.93. The van der Waals surface area contributed by atoms with Crippen molar-refractivity contribution in [2.45, 2.75) is 17.9 Å². The quantitative estimate of drug-likeness (QED) is 0.786. The first-order chi connectivity index (χ1) is 8.26. The van der Waals surface area contributed by atoms with Gasteiger partial charge in [-0.2, -0.15) is 0 Å². The van der Waals surface area contributed by atoms with Crippen LogP contribution >= 0.6 is 0 Å². The van der Waals surface area contributed by atoms with E-state index in [1.807, 2.05) is 12.1 Å². The second-order valence-corrected chi connectivity index (χ2v) is 4.86. The smallest absolute Gasteiger partial charge is 0.122 e. The molecule has 0 aliphatic carbocycles. The number of aliphatic hydroxyl groups is 1. The molecule has 1 aromatic rings. The molecule has 92 valence electrons. The summed E-state index contributed by atoms with van der Waals surface area (Å²) in [5.74, 6) is 0.974. The molecule has 4 heteroatoms. The Bertz CT molecular complexity index is 429. The lowest BCUT2D eigenvalue weighted by atomic mass is 9.72. The normalized spacial score (nSPS) is 22.5. The number of fused-ring (bicyclic) bond motifs is 1. The van der Waals surface area contributed by atoms with E-state index < -0.39 is 0 Å². The van der Waals surface area contributed by atoms with E-state index in [2.05, 4.69) is 6.07 Å². The summed E-state index contributed by atoms with van der Waals surface area (Å²) in [5, 5.41) is 9.28. The van der Waals surface area contributed by atoms with E-state index in [4.69, 9.17) is 15.2 Å². The molecule has 3 rings (SSSR count). The van der Waals surface area contributed by atoms with Crippen LogP contribution in [-0.4, -0.2) is 37.6 Å². The minimum Gasteiger partial charge on any atom is -0.493 e. The molecule has 2 heterocycles. The Labute approximate surface area is 100 Å². The van der Waals surface area contributed by atoms with Crippen LogP contribution in [-0.2, 0) is 16.6 Å². The van der Waals surface area contributed by atoms with Gasteiger partial charge in [-0.25, -0.2) is 0 Å². The minimum absolute atomic E-state index is 0.0169. The summed E-state index contributed by atoms with van der Waals surface area (Å²) in [6.07, 6.45) is 0.953. The van der Waals surface area contributed by atoms with Crippen molar-refractivity contribution in [1.29, 1.82) is 0 Å². The van der Waals surface area contributed by atoms with Gasteiger partial charge in [-0.15, -0.1) is 0 Å². The lowest BCUT2D eigenvalue weighted by Crippen LogP contribution is -2.60. The Balaban J connectivity index is 1.97. The molecule has 0 radical (unpaired) electrons. The van der Waals surface area contributed by atoms with Gasteiger partial charge in [0.15, 0.2) is 0 Å². The maximum Gasteiger partial charge on any atom is 0.122 e. The van der Waals surface area contributed by atoms with Crippen LogP contribution in [0.5, 0.6) is 5.75 Å². The van der Waals surface area contributed by atoms with Crippen LogP contribution in [0.15, 0.2) is 18.2 Å². The molecule has 3 N–H and O–H groups in total. The lowest BCUT2D eigenvalue weighted by molar-refractivity contribution is -0.0798. The molecule has 0 amide bonds. The molecule has 1 atom stereocenters. The average molecular weight is 235 g/mol. The van der Waals surface area contributed by atoms with Crippen molar-refractivity contribution >= 4 is 0 Å². The standard InChI is InChI=1S/C13H17NO3/c14-12(6-15)13(7-16-8-13)10-1-2-11-9(5-10)3-4-17-11/h1-2,5,12,15H,3-4,6-8,14H2. The van der Waals surface area contributed by atoms with Crippen LogP contribution in [0, 0.1) is 0 Å². The van der Waals surface area contributed by atoms with Crippen LogP contribution in [0.25, 0.3) is 0 Å². The van der Waals surface area contributed by atoms with E-state index in [0.29, 0.717) is 13.2 Å². The molecule has 1 saturated heterocycles. The highest BCUT2D eigenvalue weighted by molar-refractivity contribution is 5.44. The predicted molar refractivity (Wildman–Crippen MR) is 63.2 cm³/mol. The number of ether oxygens (including phenoxy) is 2. The summed E-state index contributed by atoms with van der Waals surface area (Å²) in [4.78, 5) is 0. The van der Waals surface area contributed by atoms with Crippen molar-refractivity contribution in [2.75, 3.05) is 26.4 Å². The number of benzene rings is 1. The van der Waals surface area contributed by atoms with Gasteiger partial charge in [-0.1, -0.05) is 12.1 Å². The second-order valence-electron chi connectivity index (χ2n) is 4.86. The van der Waals surface area contributed by atoms with Crippen LogP contribution in [0.4, 0.5) is 0 Å². The van der Waals surface area contributed by atoms with Crippen LogP contribution in [0.2, 0.25) is 0 Å². The molecule has 2 aliphatic heterocycles. The molecule has 1 aromatic carbocycles. The fourth-order valence-electron chi connectivity index (χ4n) is 2.59. The van der Waals surface area contributed by atoms with Crippen molar-refractivity contribution in [3.8, 4) is 5.75 Å². The lowest BCUT2D eigenvalue weighted by Gasteiger charge is -2.45. The van der Waals surface area contributed by atoms with E-state index in [-0.39, 0.29) is 18.1 Å². The largest absolute Gasteiger partial charge is 0.493 e. The molecule has 0 bridgehead atoms. The highest BCUT2D eigenvalue weighted by Crippen LogP contribution is 2.38. The van der Waals surface area contributed by atoms with Gasteiger partial charge in [0.25, 0.3) is 0 Å². The third-order valence-electron chi connectivity index (χ3n) is 3.89. The highest BCUT2D eigenvalue weighted by atomic mass is 16.5.